The van der Waals surface area contributed by atoms with Gasteiger partial charge in [0.1, 0.15) is 19.6 Å². The molecule has 30 heavy (non-hydrogen) atoms. The topological polar surface area (TPSA) is 12.5 Å². The Bertz CT molecular complexity index is 1190. The Hall–Kier alpha value is -3.24. The predicted octanol–water partition coefficient (Wildman–Crippen LogP) is 3.87. The largest absolute Gasteiger partial charge is 0.458 e. The Morgan fingerprint density at radius 2 is 1.03 bits per heavy atom. The van der Waals surface area contributed by atoms with Crippen molar-refractivity contribution < 1.29 is 4.74 Å². The summed E-state index contributed by atoms with van der Waals surface area (Å²) in [4.78, 5) is 2.54. The number of ether oxygens (including phenoxy) is 1. The van der Waals surface area contributed by atoms with Crippen molar-refractivity contribution in [3.8, 4) is 11.5 Å². The fraction of sp³-hybridized carbons (Fsp3) is 0.0769. The van der Waals surface area contributed by atoms with Gasteiger partial charge in [0.25, 0.3) is 0 Å². The Labute approximate surface area is 178 Å². The summed E-state index contributed by atoms with van der Waals surface area (Å²) in [6.45, 7) is 5.00. The highest BCUT2D eigenvalue weighted by molar-refractivity contribution is 7.04. The highest BCUT2D eigenvalue weighted by Crippen LogP contribution is 2.35. The Morgan fingerprint density at radius 3 is 1.57 bits per heavy atom. The molecule has 0 N–H and O–H groups in total. The number of rotatable bonds is 1. The number of benzene rings is 4. The normalized spacial score (nSPS) is 15.4. The molecule has 2 aliphatic rings. The number of hydrogen-bond acceptors (Lipinski definition) is 2. The van der Waals surface area contributed by atoms with Gasteiger partial charge < -0.3 is 9.55 Å². The van der Waals surface area contributed by atoms with Crippen LogP contribution in [-0.4, -0.2) is 14.9 Å². The maximum atomic E-state index is 6.30. The first kappa shape index (κ1) is 17.6. The first-order valence-electron chi connectivity index (χ1n) is 10.5. The van der Waals surface area contributed by atoms with Gasteiger partial charge in [-0.2, -0.15) is 0 Å². The molecular weight excluding hydrogens is 381 g/mol. The molecule has 6 rings (SSSR count). The van der Waals surface area contributed by atoms with Crippen LogP contribution in [0.5, 0.6) is 11.5 Å². The first-order valence-corrected chi connectivity index (χ1v) is 13.5. The summed E-state index contributed by atoms with van der Waals surface area (Å²) in [6.07, 6.45) is 0. The smallest absolute Gasteiger partial charge is 0.335 e. The molecule has 0 radical (unpaired) electrons. The maximum absolute atomic E-state index is 6.30. The average molecular weight is 403 g/mol. The predicted molar refractivity (Wildman–Crippen MR) is 130 cm³/mol. The van der Waals surface area contributed by atoms with E-state index in [0.29, 0.717) is 0 Å². The van der Waals surface area contributed by atoms with Crippen LogP contribution in [-0.2, 0) is 0 Å². The van der Waals surface area contributed by atoms with Gasteiger partial charge in [-0.25, -0.2) is 0 Å². The lowest BCUT2D eigenvalue weighted by molar-refractivity contribution is 0.487. The highest BCUT2D eigenvalue weighted by Gasteiger charge is 2.44. The SMILES string of the molecule is C[Si]1(C)c2ccccc2N(B2c3ccccc3Oc3ccccc32)c2ccccc21. The van der Waals surface area contributed by atoms with Crippen LogP contribution in [0.25, 0.3) is 0 Å². The van der Waals surface area contributed by atoms with Gasteiger partial charge in [-0.15, -0.1) is 0 Å². The number of fused-ring (bicyclic) bond motifs is 4. The van der Waals surface area contributed by atoms with Crippen LogP contribution in [0.4, 0.5) is 11.4 Å². The van der Waals surface area contributed by atoms with Gasteiger partial charge in [0.05, 0.1) is 0 Å². The number of hydrogen-bond donors (Lipinski definition) is 0. The lowest BCUT2D eigenvalue weighted by atomic mass is 9.47. The van der Waals surface area contributed by atoms with Crippen molar-refractivity contribution in [1.29, 1.82) is 0 Å². The van der Waals surface area contributed by atoms with Crippen LogP contribution >= 0.6 is 0 Å². The van der Waals surface area contributed by atoms with Crippen LogP contribution in [0.1, 0.15) is 0 Å². The third kappa shape index (κ3) is 2.37. The van der Waals surface area contributed by atoms with Crippen molar-refractivity contribution in [1.82, 2.24) is 0 Å². The molecule has 2 nitrogen and oxygen atoms in total. The van der Waals surface area contributed by atoms with Crippen molar-refractivity contribution in [2.24, 2.45) is 0 Å². The van der Waals surface area contributed by atoms with Gasteiger partial charge in [0.2, 0.25) is 0 Å². The van der Waals surface area contributed by atoms with Crippen LogP contribution in [0, 0.1) is 0 Å². The van der Waals surface area contributed by atoms with Gasteiger partial charge in [0.15, 0.2) is 0 Å². The van der Waals surface area contributed by atoms with Crippen molar-refractivity contribution in [3.63, 3.8) is 0 Å². The molecule has 4 aromatic rings. The van der Waals surface area contributed by atoms with E-state index in [1.54, 1.807) is 0 Å². The van der Waals surface area contributed by atoms with Crippen molar-refractivity contribution >= 4 is 47.6 Å². The quantitative estimate of drug-likeness (QED) is 0.448. The van der Waals surface area contributed by atoms with E-state index in [2.05, 4.69) is 115 Å². The van der Waals surface area contributed by atoms with E-state index in [9.17, 15) is 0 Å². The van der Waals surface area contributed by atoms with E-state index in [1.807, 2.05) is 0 Å². The second-order valence-corrected chi connectivity index (χ2v) is 12.9. The first-order chi connectivity index (χ1) is 14.7. The number of nitrogens with zero attached hydrogens (tertiary/aromatic N) is 1. The van der Waals surface area contributed by atoms with Crippen LogP contribution in [0.2, 0.25) is 13.1 Å². The molecule has 4 aromatic carbocycles. The minimum atomic E-state index is -1.79. The second-order valence-electron chi connectivity index (χ2n) is 8.61. The molecule has 0 fully saturated rings. The molecule has 0 aromatic heterocycles. The van der Waals surface area contributed by atoms with E-state index < -0.39 is 8.07 Å². The Morgan fingerprint density at radius 1 is 0.600 bits per heavy atom. The van der Waals surface area contributed by atoms with Gasteiger partial charge in [-0.3, -0.25) is 0 Å². The molecular formula is C26H22BNOSi. The third-order valence-corrected chi connectivity index (χ3v) is 10.1. The molecule has 0 saturated carbocycles. The second kappa shape index (κ2) is 6.38. The highest BCUT2D eigenvalue weighted by atomic mass is 28.3. The van der Waals surface area contributed by atoms with Crippen LogP contribution < -0.4 is 30.8 Å². The zero-order valence-corrected chi connectivity index (χ0v) is 18.2. The molecule has 0 saturated heterocycles. The fourth-order valence-electron chi connectivity index (χ4n) is 5.14. The summed E-state index contributed by atoms with van der Waals surface area (Å²) in [6, 6.07) is 34.9. The number of anilines is 2. The Balaban J connectivity index is 1.69. The van der Waals surface area contributed by atoms with E-state index in [0.717, 1.165) is 11.5 Å². The average Bonchev–Trinajstić information content (AvgIpc) is 2.79. The number of para-hydroxylation sites is 4. The minimum absolute atomic E-state index is 0.0681. The van der Waals surface area contributed by atoms with E-state index in [1.165, 1.54) is 32.7 Å². The molecule has 0 unspecified atom stereocenters. The van der Waals surface area contributed by atoms with Crippen LogP contribution in [0.3, 0.4) is 0 Å². The molecule has 0 amide bonds. The molecule has 0 spiro atoms. The summed E-state index contributed by atoms with van der Waals surface area (Å²) in [5.74, 6) is 1.89. The van der Waals surface area contributed by atoms with Crippen LogP contribution in [0.15, 0.2) is 97.1 Å². The van der Waals surface area contributed by atoms with Gasteiger partial charge >= 0.3 is 6.85 Å². The Kier molecular flexibility index (Phi) is 3.74. The lowest BCUT2D eigenvalue weighted by Gasteiger charge is -2.45. The monoisotopic (exact) mass is 403 g/mol. The minimum Gasteiger partial charge on any atom is -0.458 e. The lowest BCUT2D eigenvalue weighted by Crippen LogP contribution is -2.66. The summed E-state index contributed by atoms with van der Waals surface area (Å²) in [5.41, 5.74) is 5.07. The van der Waals surface area contributed by atoms with Gasteiger partial charge in [-0.1, -0.05) is 85.9 Å². The van der Waals surface area contributed by atoms with E-state index in [-0.39, 0.29) is 6.85 Å². The third-order valence-electron chi connectivity index (χ3n) is 6.58. The maximum Gasteiger partial charge on any atom is 0.335 e. The summed E-state index contributed by atoms with van der Waals surface area (Å²) in [5, 5.41) is 2.98. The summed E-state index contributed by atoms with van der Waals surface area (Å²) in [7, 11) is -1.79. The molecule has 0 atom stereocenters. The fourth-order valence-corrected chi connectivity index (χ4v) is 8.14. The molecule has 4 heteroatoms. The molecule has 2 aliphatic heterocycles. The van der Waals surface area contributed by atoms with E-state index in [4.69, 9.17) is 4.74 Å². The zero-order valence-electron chi connectivity index (χ0n) is 17.2. The molecule has 0 aliphatic carbocycles. The summed E-state index contributed by atoms with van der Waals surface area (Å²) >= 11 is 0. The molecule has 0 bridgehead atoms. The van der Waals surface area contributed by atoms with Crippen molar-refractivity contribution in [2.45, 2.75) is 13.1 Å². The van der Waals surface area contributed by atoms with E-state index >= 15 is 0 Å². The molecule has 2 heterocycles. The molecule has 144 valence electrons. The summed E-state index contributed by atoms with van der Waals surface area (Å²) < 4.78 is 6.30. The van der Waals surface area contributed by atoms with Crippen molar-refractivity contribution in [2.75, 3.05) is 4.81 Å². The van der Waals surface area contributed by atoms with Gasteiger partial charge in [-0.05, 0) is 45.6 Å². The van der Waals surface area contributed by atoms with Crippen molar-refractivity contribution in [3.05, 3.63) is 97.1 Å². The standard InChI is InChI=1S/C26H22BNOSi/c1-30(2)25-17-9-5-13-21(25)28(22-14-6-10-18-26(22)30)27-19-11-3-7-15-23(19)29-24-16-8-4-12-20(24)27/h3-18H,1-2H3. The van der Waals surface area contributed by atoms with Gasteiger partial charge in [0, 0.05) is 11.4 Å². The zero-order chi connectivity index (χ0) is 20.3.